The van der Waals surface area contributed by atoms with Gasteiger partial charge in [0.05, 0.1) is 0 Å². The van der Waals surface area contributed by atoms with Gasteiger partial charge >= 0.3 is 0 Å². The van der Waals surface area contributed by atoms with E-state index in [2.05, 4.69) is 5.43 Å². The zero-order valence-electron chi connectivity index (χ0n) is 3.58. The highest BCUT2D eigenvalue weighted by Crippen LogP contribution is 1.78. The fourth-order valence-electron chi connectivity index (χ4n) is 0. The van der Waals surface area contributed by atoms with Gasteiger partial charge in [-0.15, -0.1) is 0 Å². The molecule has 0 unspecified atom stereocenters. The van der Waals surface area contributed by atoms with E-state index in [0.29, 0.717) is 0 Å². The largest absolute Gasteiger partial charge is 0.271 e. The number of rotatable bonds is 1. The van der Waals surface area contributed by atoms with Crippen molar-refractivity contribution < 1.29 is 0 Å². The SMILES string of the molecule is C[C](C)NN. The van der Waals surface area contributed by atoms with Crippen molar-refractivity contribution in [2.45, 2.75) is 13.8 Å². The molecule has 0 aromatic rings. The summed E-state index contributed by atoms with van der Waals surface area (Å²) in [6, 6.07) is 1.03. The molecule has 0 bridgehead atoms. The molecule has 0 fully saturated rings. The van der Waals surface area contributed by atoms with Crippen LogP contribution >= 0.6 is 0 Å². The monoisotopic (exact) mass is 73.1 g/mol. The topological polar surface area (TPSA) is 38.0 Å². The van der Waals surface area contributed by atoms with E-state index in [-0.39, 0.29) is 0 Å². The molecular formula is C3H9N2. The van der Waals surface area contributed by atoms with E-state index in [0.717, 1.165) is 6.04 Å². The number of hydrogen-bond acceptors (Lipinski definition) is 2. The minimum atomic E-state index is 1.03. The average molecular weight is 73.1 g/mol. The fourth-order valence-corrected chi connectivity index (χ4v) is 0. The van der Waals surface area contributed by atoms with Gasteiger partial charge in [-0.2, -0.15) is 0 Å². The zero-order chi connectivity index (χ0) is 4.28. The van der Waals surface area contributed by atoms with E-state index >= 15 is 0 Å². The lowest BCUT2D eigenvalue weighted by Crippen LogP contribution is -2.22. The molecule has 3 N–H and O–H groups in total. The van der Waals surface area contributed by atoms with E-state index in [1.54, 1.807) is 0 Å². The summed E-state index contributed by atoms with van der Waals surface area (Å²) in [5.41, 5.74) is 2.44. The second-order valence-corrected chi connectivity index (χ2v) is 1.14. The molecule has 5 heavy (non-hydrogen) atoms. The second-order valence-electron chi connectivity index (χ2n) is 1.14. The summed E-state index contributed by atoms with van der Waals surface area (Å²) in [5, 5.41) is 0. The molecule has 31 valence electrons. The lowest BCUT2D eigenvalue weighted by Gasteiger charge is -1.93. The molecule has 0 aliphatic rings. The number of hydrazine groups is 1. The summed E-state index contributed by atoms with van der Waals surface area (Å²) in [7, 11) is 0. The maximum absolute atomic E-state index is 4.88. The summed E-state index contributed by atoms with van der Waals surface area (Å²) < 4.78 is 0. The van der Waals surface area contributed by atoms with Gasteiger partial charge in [-0.05, 0) is 13.8 Å². The molecule has 0 heterocycles. The Bertz CT molecular complexity index is 18.9. The molecule has 2 nitrogen and oxygen atoms in total. The third kappa shape index (κ3) is 3.92. The smallest absolute Gasteiger partial charge is 0.0454 e. The lowest BCUT2D eigenvalue weighted by atomic mass is 10.4. The predicted molar refractivity (Wildman–Crippen MR) is 21.9 cm³/mol. The van der Waals surface area contributed by atoms with Gasteiger partial charge in [-0.25, -0.2) is 0 Å². The highest BCUT2D eigenvalue weighted by Gasteiger charge is 1.79. The van der Waals surface area contributed by atoms with Crippen LogP contribution in [0.3, 0.4) is 0 Å². The van der Waals surface area contributed by atoms with Gasteiger partial charge in [0.2, 0.25) is 0 Å². The van der Waals surface area contributed by atoms with Crippen LogP contribution in [0.25, 0.3) is 0 Å². The minimum Gasteiger partial charge on any atom is -0.271 e. The van der Waals surface area contributed by atoms with Crippen molar-refractivity contribution in [2.75, 3.05) is 0 Å². The van der Waals surface area contributed by atoms with Crippen LogP contribution in [0.4, 0.5) is 0 Å². The van der Waals surface area contributed by atoms with E-state index in [9.17, 15) is 0 Å². The van der Waals surface area contributed by atoms with Gasteiger partial charge in [0.1, 0.15) is 0 Å². The molecule has 0 aliphatic heterocycles. The summed E-state index contributed by atoms with van der Waals surface area (Å²) in [5.74, 6) is 4.88. The highest BCUT2D eigenvalue weighted by atomic mass is 15.2. The summed E-state index contributed by atoms with van der Waals surface area (Å²) in [6.07, 6.45) is 0. The third-order valence-electron chi connectivity index (χ3n) is 0.289. The Morgan fingerprint density at radius 3 is 1.80 bits per heavy atom. The van der Waals surface area contributed by atoms with Crippen molar-refractivity contribution in [1.82, 2.24) is 5.43 Å². The van der Waals surface area contributed by atoms with Crippen LogP contribution in [-0.4, -0.2) is 0 Å². The molecule has 0 saturated heterocycles. The summed E-state index contributed by atoms with van der Waals surface area (Å²) in [4.78, 5) is 0. The standard InChI is InChI=1S/C3H9N2/c1-3(2)5-4/h5H,4H2,1-2H3. The Balaban J connectivity index is 2.54. The van der Waals surface area contributed by atoms with E-state index < -0.39 is 0 Å². The molecule has 0 saturated carbocycles. The first-order chi connectivity index (χ1) is 2.27. The molecule has 0 aromatic heterocycles. The van der Waals surface area contributed by atoms with Crippen LogP contribution in [0.2, 0.25) is 0 Å². The predicted octanol–water partition coefficient (Wildman–Crippen LogP) is 0.0215. The Labute approximate surface area is 32.3 Å². The molecule has 0 spiro atoms. The van der Waals surface area contributed by atoms with Gasteiger partial charge in [0, 0.05) is 6.04 Å². The fraction of sp³-hybridized carbons (Fsp3) is 0.667. The van der Waals surface area contributed by atoms with Gasteiger partial charge in [-0.1, -0.05) is 0 Å². The van der Waals surface area contributed by atoms with E-state index in [1.165, 1.54) is 0 Å². The van der Waals surface area contributed by atoms with Crippen LogP contribution in [-0.2, 0) is 0 Å². The van der Waals surface area contributed by atoms with Gasteiger partial charge in [-0.3, -0.25) is 11.3 Å². The molecule has 0 rings (SSSR count). The van der Waals surface area contributed by atoms with Crippen LogP contribution in [0.1, 0.15) is 13.8 Å². The van der Waals surface area contributed by atoms with Crippen LogP contribution in [0.5, 0.6) is 0 Å². The van der Waals surface area contributed by atoms with Gasteiger partial charge in [0.25, 0.3) is 0 Å². The third-order valence-corrected chi connectivity index (χ3v) is 0.289. The molecule has 0 aromatic carbocycles. The molecule has 0 atom stereocenters. The van der Waals surface area contributed by atoms with Crippen molar-refractivity contribution >= 4 is 0 Å². The lowest BCUT2D eigenvalue weighted by molar-refractivity contribution is 0.760. The maximum atomic E-state index is 4.88. The number of nitrogens with one attached hydrogen (secondary N) is 1. The van der Waals surface area contributed by atoms with Gasteiger partial charge in [0.15, 0.2) is 0 Å². The average Bonchev–Trinajstić information content (AvgIpc) is 1.38. The van der Waals surface area contributed by atoms with Crippen molar-refractivity contribution in [1.29, 1.82) is 0 Å². The Morgan fingerprint density at radius 1 is 1.60 bits per heavy atom. The van der Waals surface area contributed by atoms with Crippen LogP contribution in [0.15, 0.2) is 0 Å². The first kappa shape index (κ1) is 4.92. The first-order valence-corrected chi connectivity index (χ1v) is 1.54. The van der Waals surface area contributed by atoms with Crippen molar-refractivity contribution in [3.8, 4) is 0 Å². The number of nitrogens with two attached hydrogens (primary N) is 1. The maximum Gasteiger partial charge on any atom is 0.0454 e. The van der Waals surface area contributed by atoms with E-state index in [4.69, 9.17) is 5.84 Å². The minimum absolute atomic E-state index is 1.03. The van der Waals surface area contributed by atoms with E-state index in [1.807, 2.05) is 13.8 Å². The Hall–Kier alpha value is -0.0800. The summed E-state index contributed by atoms with van der Waals surface area (Å²) >= 11 is 0. The second kappa shape index (κ2) is 2.18. The molecule has 0 aliphatic carbocycles. The van der Waals surface area contributed by atoms with Crippen LogP contribution in [0, 0.1) is 6.04 Å². The quantitative estimate of drug-likeness (QED) is 0.339. The number of hydrogen-bond donors (Lipinski definition) is 2. The molecule has 1 radical (unpaired) electrons. The summed E-state index contributed by atoms with van der Waals surface area (Å²) in [6.45, 7) is 3.81. The molecule has 0 amide bonds. The first-order valence-electron chi connectivity index (χ1n) is 1.54. The molecular weight excluding hydrogens is 64.0 g/mol. The van der Waals surface area contributed by atoms with Crippen molar-refractivity contribution in [2.24, 2.45) is 5.84 Å². The van der Waals surface area contributed by atoms with Gasteiger partial charge < -0.3 is 0 Å². The Morgan fingerprint density at radius 2 is 1.80 bits per heavy atom. The van der Waals surface area contributed by atoms with Crippen molar-refractivity contribution in [3.63, 3.8) is 0 Å². The highest BCUT2D eigenvalue weighted by molar-refractivity contribution is 4.66. The van der Waals surface area contributed by atoms with Crippen molar-refractivity contribution in [3.05, 3.63) is 6.04 Å². The molecule has 2 heteroatoms. The normalized spacial score (nSPS) is 9.60. The Kier molecular flexibility index (Phi) is 2.14. The van der Waals surface area contributed by atoms with Crippen LogP contribution < -0.4 is 11.3 Å². The zero-order valence-corrected chi connectivity index (χ0v) is 3.58.